The summed E-state index contributed by atoms with van der Waals surface area (Å²) >= 11 is 0. The Kier molecular flexibility index (Phi) is 4.75. The summed E-state index contributed by atoms with van der Waals surface area (Å²) in [6.07, 6.45) is 2.12. The van der Waals surface area contributed by atoms with E-state index < -0.39 is 0 Å². The molecule has 122 valence electrons. The van der Waals surface area contributed by atoms with E-state index in [0.29, 0.717) is 36.0 Å². The van der Waals surface area contributed by atoms with Crippen LogP contribution in [0.2, 0.25) is 0 Å². The molecule has 0 atom stereocenters. The van der Waals surface area contributed by atoms with Gasteiger partial charge < -0.3 is 9.15 Å². The second kappa shape index (κ2) is 7.13. The lowest BCUT2D eigenvalue weighted by atomic mass is 10.0. The maximum absolute atomic E-state index is 12.1. The van der Waals surface area contributed by atoms with Crippen molar-refractivity contribution in [1.82, 2.24) is 0 Å². The molecule has 0 unspecified atom stereocenters. The van der Waals surface area contributed by atoms with Crippen LogP contribution in [0.3, 0.4) is 0 Å². The number of ether oxygens (including phenoxy) is 1. The number of benzene rings is 2. The number of fused-ring (bicyclic) bond motifs is 1. The van der Waals surface area contributed by atoms with Crippen molar-refractivity contribution in [3.05, 3.63) is 75.6 Å². The molecule has 0 fully saturated rings. The molecule has 1 aromatic heterocycles. The van der Waals surface area contributed by atoms with Gasteiger partial charge in [0.15, 0.2) is 17.5 Å². The van der Waals surface area contributed by atoms with Gasteiger partial charge in [-0.3, -0.25) is 9.59 Å². The first-order valence-corrected chi connectivity index (χ1v) is 7.94. The molecule has 4 nitrogen and oxygen atoms in total. The SMILES string of the molecule is CCCc1c(OCc2ccccc2)ccc2c(=O)cc(C=O)oc12. The Morgan fingerprint density at radius 2 is 1.92 bits per heavy atom. The van der Waals surface area contributed by atoms with Crippen molar-refractivity contribution in [3.8, 4) is 5.75 Å². The zero-order valence-corrected chi connectivity index (χ0v) is 13.5. The summed E-state index contributed by atoms with van der Waals surface area (Å²) < 4.78 is 11.6. The van der Waals surface area contributed by atoms with E-state index in [9.17, 15) is 9.59 Å². The molecule has 0 N–H and O–H groups in total. The summed E-state index contributed by atoms with van der Waals surface area (Å²) in [5, 5.41) is 0.469. The lowest BCUT2D eigenvalue weighted by molar-refractivity contribution is 0.110. The monoisotopic (exact) mass is 322 g/mol. The molecule has 1 heterocycles. The highest BCUT2D eigenvalue weighted by Gasteiger charge is 2.14. The van der Waals surface area contributed by atoms with Gasteiger partial charge in [-0.2, -0.15) is 0 Å². The van der Waals surface area contributed by atoms with Gasteiger partial charge in [-0.15, -0.1) is 0 Å². The molecular formula is C20H18O4. The highest BCUT2D eigenvalue weighted by Crippen LogP contribution is 2.29. The van der Waals surface area contributed by atoms with Crippen LogP contribution in [0.15, 0.2) is 57.7 Å². The van der Waals surface area contributed by atoms with Gasteiger partial charge in [-0.05, 0) is 24.1 Å². The van der Waals surface area contributed by atoms with Gasteiger partial charge in [0.1, 0.15) is 17.9 Å². The summed E-state index contributed by atoms with van der Waals surface area (Å²) in [4.78, 5) is 23.1. The zero-order valence-electron chi connectivity index (χ0n) is 13.5. The second-order valence-corrected chi connectivity index (χ2v) is 5.57. The van der Waals surface area contributed by atoms with Crippen LogP contribution in [0.1, 0.15) is 35.0 Å². The molecule has 24 heavy (non-hydrogen) atoms. The molecule has 0 aliphatic rings. The molecule has 0 spiro atoms. The smallest absolute Gasteiger partial charge is 0.193 e. The van der Waals surface area contributed by atoms with E-state index in [1.807, 2.05) is 37.3 Å². The molecule has 0 radical (unpaired) electrons. The van der Waals surface area contributed by atoms with E-state index in [1.54, 1.807) is 12.1 Å². The molecule has 0 aliphatic heterocycles. The number of aryl methyl sites for hydroxylation is 1. The number of rotatable bonds is 6. The van der Waals surface area contributed by atoms with E-state index >= 15 is 0 Å². The average molecular weight is 322 g/mol. The minimum absolute atomic E-state index is 0.0325. The molecule has 4 heteroatoms. The highest BCUT2D eigenvalue weighted by atomic mass is 16.5. The normalized spacial score (nSPS) is 10.7. The first-order chi connectivity index (χ1) is 11.7. The first-order valence-electron chi connectivity index (χ1n) is 7.94. The fourth-order valence-corrected chi connectivity index (χ4v) is 2.69. The third-order valence-corrected chi connectivity index (χ3v) is 3.83. The summed E-state index contributed by atoms with van der Waals surface area (Å²) in [7, 11) is 0. The van der Waals surface area contributed by atoms with Crippen LogP contribution in [0, 0.1) is 0 Å². The zero-order chi connectivity index (χ0) is 16.9. The van der Waals surface area contributed by atoms with Crippen molar-refractivity contribution in [1.29, 1.82) is 0 Å². The van der Waals surface area contributed by atoms with Crippen LogP contribution in [0.25, 0.3) is 11.0 Å². The molecule has 0 saturated heterocycles. The van der Waals surface area contributed by atoms with E-state index in [2.05, 4.69) is 0 Å². The van der Waals surface area contributed by atoms with Crippen molar-refractivity contribution in [2.24, 2.45) is 0 Å². The maximum atomic E-state index is 12.1. The fraction of sp³-hybridized carbons (Fsp3) is 0.200. The molecule has 0 saturated carbocycles. The van der Waals surface area contributed by atoms with Crippen molar-refractivity contribution >= 4 is 17.3 Å². The van der Waals surface area contributed by atoms with Crippen LogP contribution in [-0.4, -0.2) is 6.29 Å². The maximum Gasteiger partial charge on any atom is 0.193 e. The van der Waals surface area contributed by atoms with Gasteiger partial charge in [-0.25, -0.2) is 0 Å². The number of hydrogen-bond acceptors (Lipinski definition) is 4. The molecular weight excluding hydrogens is 304 g/mol. The summed E-state index contributed by atoms with van der Waals surface area (Å²) in [6.45, 7) is 2.47. The molecule has 0 amide bonds. The Labute approximate surface area is 139 Å². The van der Waals surface area contributed by atoms with Crippen LogP contribution in [0.5, 0.6) is 5.75 Å². The van der Waals surface area contributed by atoms with E-state index in [4.69, 9.17) is 9.15 Å². The van der Waals surface area contributed by atoms with Gasteiger partial charge in [0.2, 0.25) is 0 Å². The van der Waals surface area contributed by atoms with Crippen LogP contribution in [0.4, 0.5) is 0 Å². The Hall–Kier alpha value is -2.88. The van der Waals surface area contributed by atoms with E-state index in [1.165, 1.54) is 6.07 Å². The van der Waals surface area contributed by atoms with Crippen molar-refractivity contribution in [3.63, 3.8) is 0 Å². The van der Waals surface area contributed by atoms with Gasteiger partial charge in [0, 0.05) is 11.6 Å². The number of carbonyl (C=O) groups excluding carboxylic acids is 1. The minimum Gasteiger partial charge on any atom is -0.488 e. The van der Waals surface area contributed by atoms with E-state index in [-0.39, 0.29) is 11.2 Å². The van der Waals surface area contributed by atoms with Crippen molar-refractivity contribution < 1.29 is 13.9 Å². The Bertz CT molecular complexity index is 910. The lowest BCUT2D eigenvalue weighted by Gasteiger charge is -2.13. The molecule has 0 bridgehead atoms. The quantitative estimate of drug-likeness (QED) is 0.640. The molecule has 3 aromatic rings. The minimum atomic E-state index is -0.217. The third kappa shape index (κ3) is 3.23. The average Bonchev–Trinajstić information content (AvgIpc) is 2.62. The highest BCUT2D eigenvalue weighted by molar-refractivity contribution is 5.84. The lowest BCUT2D eigenvalue weighted by Crippen LogP contribution is -2.05. The standard InChI is InChI=1S/C20H18O4/c1-2-6-17-19(23-13-14-7-4-3-5-8-14)10-9-16-18(22)11-15(12-21)24-20(16)17/h3-5,7-12H,2,6,13H2,1H3. The van der Waals surface area contributed by atoms with E-state index in [0.717, 1.165) is 17.5 Å². The van der Waals surface area contributed by atoms with Gasteiger partial charge in [0.25, 0.3) is 0 Å². The Morgan fingerprint density at radius 3 is 2.62 bits per heavy atom. The largest absolute Gasteiger partial charge is 0.488 e. The van der Waals surface area contributed by atoms with Gasteiger partial charge >= 0.3 is 0 Å². The molecule has 3 rings (SSSR count). The predicted octanol–water partition coefficient (Wildman–Crippen LogP) is 4.14. The summed E-state index contributed by atoms with van der Waals surface area (Å²) in [5.41, 5.74) is 2.11. The van der Waals surface area contributed by atoms with Crippen LogP contribution >= 0.6 is 0 Å². The van der Waals surface area contributed by atoms with Crippen LogP contribution < -0.4 is 10.2 Å². The molecule has 0 aliphatic carbocycles. The third-order valence-electron chi connectivity index (χ3n) is 3.83. The van der Waals surface area contributed by atoms with Crippen molar-refractivity contribution in [2.75, 3.05) is 0 Å². The topological polar surface area (TPSA) is 56.5 Å². The Morgan fingerprint density at radius 1 is 1.12 bits per heavy atom. The Balaban J connectivity index is 2.05. The molecule has 2 aromatic carbocycles. The van der Waals surface area contributed by atoms with Crippen LogP contribution in [-0.2, 0) is 13.0 Å². The van der Waals surface area contributed by atoms with Gasteiger partial charge in [-0.1, -0.05) is 43.7 Å². The second-order valence-electron chi connectivity index (χ2n) is 5.57. The number of carbonyl (C=O) groups is 1. The first kappa shape index (κ1) is 16.0. The van der Waals surface area contributed by atoms with Crippen molar-refractivity contribution in [2.45, 2.75) is 26.4 Å². The number of aldehydes is 1. The predicted molar refractivity (Wildman–Crippen MR) is 92.6 cm³/mol. The number of hydrogen-bond donors (Lipinski definition) is 0. The fourth-order valence-electron chi connectivity index (χ4n) is 2.69. The summed E-state index contributed by atoms with van der Waals surface area (Å²) in [5.74, 6) is 0.712. The summed E-state index contributed by atoms with van der Waals surface area (Å²) in [6, 6.07) is 14.6. The van der Waals surface area contributed by atoms with Gasteiger partial charge in [0.05, 0.1) is 5.39 Å².